The minimum absolute atomic E-state index is 0.200. The Morgan fingerprint density at radius 1 is 1.00 bits per heavy atom. The molecule has 2 aromatic carbocycles. The first kappa shape index (κ1) is 28.4. The van der Waals surface area contributed by atoms with E-state index in [1.165, 1.54) is 24.8 Å². The van der Waals surface area contributed by atoms with Crippen LogP contribution in [0.1, 0.15) is 94.5 Å². The summed E-state index contributed by atoms with van der Waals surface area (Å²) in [7, 11) is 0. The van der Waals surface area contributed by atoms with E-state index in [0.717, 1.165) is 87.9 Å². The molecular weight excluding hydrogens is 513 g/mol. The number of fused-ring (bicyclic) bond motifs is 1. The quantitative estimate of drug-likeness (QED) is 0.290. The molecule has 1 saturated heterocycles. The van der Waals surface area contributed by atoms with Crippen molar-refractivity contribution in [1.82, 2.24) is 14.5 Å². The number of imidazole rings is 1. The number of nitrogens with zero attached hydrogens (tertiary/aromatic N) is 3. The third kappa shape index (κ3) is 6.09. The number of aliphatic carboxylic acids is 1. The molecule has 0 bridgehead atoms. The molecule has 3 aliphatic rings. The molecular formula is C35H46FN3O2. The molecule has 2 unspecified atom stereocenters. The van der Waals surface area contributed by atoms with Crippen molar-refractivity contribution >= 4 is 17.0 Å². The Bertz CT molecular complexity index is 1310. The Kier molecular flexibility index (Phi) is 8.76. The second-order valence-corrected chi connectivity index (χ2v) is 13.1. The van der Waals surface area contributed by atoms with Gasteiger partial charge in [-0.15, -0.1) is 0 Å². The van der Waals surface area contributed by atoms with Crippen LogP contribution >= 0.6 is 0 Å². The van der Waals surface area contributed by atoms with Crippen molar-refractivity contribution in [2.24, 2.45) is 23.7 Å². The number of hydrogen-bond acceptors (Lipinski definition) is 3. The van der Waals surface area contributed by atoms with Gasteiger partial charge in [0.2, 0.25) is 0 Å². The molecule has 0 radical (unpaired) electrons. The molecule has 2 heterocycles. The van der Waals surface area contributed by atoms with Gasteiger partial charge in [-0.05, 0) is 86.3 Å². The number of halogens is 1. The number of hydrogen-bond donors (Lipinski definition) is 1. The lowest BCUT2D eigenvalue weighted by Gasteiger charge is -2.36. The highest BCUT2D eigenvalue weighted by molar-refractivity contribution is 5.76. The fourth-order valence-electron chi connectivity index (χ4n) is 8.67. The standard InChI is InChI=1S/C35H46FN3O2/c1-2-9-33-37-31-22-28(36)14-15-32(31)39(33)29-16-18-38(19-17-29)23-27-20-26(21-30(27)24-10-5-3-6-11-24)34(35(40)41)25-12-7-4-8-13-25/h3,5-6,10-11,14-15,22,25-27,29-30,34H,2,4,7-9,12-13,16-21,23H2,1H3,(H,40,41)/t26?,27?,30-,34+/m1/s1. The van der Waals surface area contributed by atoms with Gasteiger partial charge in [0.1, 0.15) is 11.6 Å². The lowest BCUT2D eigenvalue weighted by molar-refractivity contribution is -0.146. The highest BCUT2D eigenvalue weighted by Gasteiger charge is 2.44. The van der Waals surface area contributed by atoms with Gasteiger partial charge in [0.15, 0.2) is 0 Å². The van der Waals surface area contributed by atoms with Crippen LogP contribution in [0.25, 0.3) is 11.0 Å². The third-order valence-corrected chi connectivity index (χ3v) is 10.5. The largest absolute Gasteiger partial charge is 0.481 e. The van der Waals surface area contributed by atoms with Gasteiger partial charge in [0, 0.05) is 38.2 Å². The van der Waals surface area contributed by atoms with E-state index in [-0.39, 0.29) is 17.7 Å². The minimum Gasteiger partial charge on any atom is -0.481 e. The number of aryl methyl sites for hydroxylation is 1. The number of likely N-dealkylation sites (tertiary alicyclic amines) is 1. The van der Waals surface area contributed by atoms with Gasteiger partial charge < -0.3 is 14.6 Å². The molecule has 6 heteroatoms. The van der Waals surface area contributed by atoms with Gasteiger partial charge in [-0.25, -0.2) is 9.37 Å². The maximum Gasteiger partial charge on any atom is 0.307 e. The summed E-state index contributed by atoms with van der Waals surface area (Å²) >= 11 is 0. The van der Waals surface area contributed by atoms with Gasteiger partial charge in [-0.1, -0.05) is 56.5 Å². The van der Waals surface area contributed by atoms with Crippen LogP contribution in [-0.2, 0) is 11.2 Å². The van der Waals surface area contributed by atoms with Crippen molar-refractivity contribution in [3.63, 3.8) is 0 Å². The Morgan fingerprint density at radius 2 is 1.76 bits per heavy atom. The first-order valence-corrected chi connectivity index (χ1v) is 16.2. The van der Waals surface area contributed by atoms with Gasteiger partial charge in [-0.2, -0.15) is 0 Å². The van der Waals surface area contributed by atoms with Crippen molar-refractivity contribution in [3.8, 4) is 0 Å². The summed E-state index contributed by atoms with van der Waals surface area (Å²) in [6.45, 7) is 5.28. The van der Waals surface area contributed by atoms with Crippen LogP contribution in [0.3, 0.4) is 0 Å². The smallest absolute Gasteiger partial charge is 0.307 e. The highest BCUT2D eigenvalue weighted by Crippen LogP contribution is 2.50. The van der Waals surface area contributed by atoms with Crippen LogP contribution in [0.15, 0.2) is 48.5 Å². The van der Waals surface area contributed by atoms with E-state index in [2.05, 4.69) is 46.7 Å². The van der Waals surface area contributed by atoms with Crippen molar-refractivity contribution in [2.75, 3.05) is 19.6 Å². The fourth-order valence-corrected chi connectivity index (χ4v) is 8.67. The van der Waals surface area contributed by atoms with Gasteiger partial charge in [0.25, 0.3) is 0 Å². The summed E-state index contributed by atoms with van der Waals surface area (Å²) in [6.07, 6.45) is 11.8. The Labute approximate surface area is 244 Å². The summed E-state index contributed by atoms with van der Waals surface area (Å²) < 4.78 is 16.3. The van der Waals surface area contributed by atoms with Gasteiger partial charge in [0.05, 0.1) is 17.0 Å². The van der Waals surface area contributed by atoms with Crippen LogP contribution < -0.4 is 0 Å². The molecule has 0 amide bonds. The maximum absolute atomic E-state index is 13.9. The summed E-state index contributed by atoms with van der Waals surface area (Å²) in [5, 5.41) is 10.4. The predicted molar refractivity (Wildman–Crippen MR) is 161 cm³/mol. The number of rotatable bonds is 9. The Hall–Kier alpha value is -2.73. The number of aromatic nitrogens is 2. The molecule has 220 valence electrons. The Balaban J connectivity index is 1.17. The van der Waals surface area contributed by atoms with Crippen molar-refractivity contribution in [1.29, 1.82) is 0 Å². The van der Waals surface area contributed by atoms with E-state index in [1.807, 2.05) is 6.07 Å². The Morgan fingerprint density at radius 3 is 2.46 bits per heavy atom. The monoisotopic (exact) mass is 559 g/mol. The zero-order valence-electron chi connectivity index (χ0n) is 24.6. The number of carboxylic acids is 1. The van der Waals surface area contributed by atoms with Crippen molar-refractivity contribution in [2.45, 2.75) is 89.5 Å². The van der Waals surface area contributed by atoms with E-state index >= 15 is 0 Å². The van der Waals surface area contributed by atoms with E-state index in [9.17, 15) is 14.3 Å². The minimum atomic E-state index is -0.564. The number of carbonyl (C=O) groups is 1. The predicted octanol–water partition coefficient (Wildman–Crippen LogP) is 7.86. The van der Waals surface area contributed by atoms with Gasteiger partial charge in [-0.3, -0.25) is 4.79 Å². The average molecular weight is 560 g/mol. The molecule has 5 nitrogen and oxygen atoms in total. The van der Waals surface area contributed by atoms with E-state index < -0.39 is 5.97 Å². The number of carboxylic acid groups (broad SMARTS) is 1. The molecule has 4 atom stereocenters. The maximum atomic E-state index is 13.9. The molecule has 1 N–H and O–H groups in total. The van der Waals surface area contributed by atoms with Crippen LogP contribution in [-0.4, -0.2) is 45.2 Å². The van der Waals surface area contributed by atoms with Crippen LogP contribution in [0.2, 0.25) is 0 Å². The highest BCUT2D eigenvalue weighted by atomic mass is 19.1. The molecule has 3 fully saturated rings. The summed E-state index contributed by atoms with van der Waals surface area (Å²) in [6, 6.07) is 16.3. The summed E-state index contributed by atoms with van der Waals surface area (Å²) in [5.41, 5.74) is 3.20. The van der Waals surface area contributed by atoms with Crippen molar-refractivity contribution in [3.05, 3.63) is 65.7 Å². The fraction of sp³-hybridized carbons (Fsp3) is 0.600. The van der Waals surface area contributed by atoms with Crippen LogP contribution in [0.5, 0.6) is 0 Å². The van der Waals surface area contributed by atoms with E-state index in [0.29, 0.717) is 23.8 Å². The van der Waals surface area contributed by atoms with Crippen LogP contribution in [0, 0.1) is 29.5 Å². The number of piperidine rings is 1. The van der Waals surface area contributed by atoms with E-state index in [1.54, 1.807) is 12.1 Å². The normalized spacial score (nSPS) is 25.6. The lowest BCUT2D eigenvalue weighted by atomic mass is 9.73. The van der Waals surface area contributed by atoms with Gasteiger partial charge >= 0.3 is 5.97 Å². The topological polar surface area (TPSA) is 58.4 Å². The molecule has 0 spiro atoms. The zero-order chi connectivity index (χ0) is 28.3. The molecule has 1 aliphatic heterocycles. The SMILES string of the molecule is CCCc1nc2cc(F)ccc2n1C1CCN(CC2CC([C@@H](C(=O)O)C3CCCCC3)C[C@@H]2c2ccccc2)CC1. The summed E-state index contributed by atoms with van der Waals surface area (Å²) in [4.78, 5) is 20.1. The molecule has 6 rings (SSSR count). The number of benzene rings is 2. The second kappa shape index (κ2) is 12.6. The van der Waals surface area contributed by atoms with E-state index in [4.69, 9.17) is 4.98 Å². The van der Waals surface area contributed by atoms with Crippen molar-refractivity contribution < 1.29 is 14.3 Å². The average Bonchev–Trinajstić information content (AvgIpc) is 3.55. The lowest BCUT2D eigenvalue weighted by Crippen LogP contribution is -2.38. The first-order valence-electron chi connectivity index (χ1n) is 16.2. The molecule has 3 aromatic rings. The third-order valence-electron chi connectivity index (χ3n) is 10.5. The zero-order valence-corrected chi connectivity index (χ0v) is 24.6. The molecule has 2 saturated carbocycles. The summed E-state index contributed by atoms with van der Waals surface area (Å²) in [5.74, 6) is 1.60. The second-order valence-electron chi connectivity index (χ2n) is 13.1. The molecule has 41 heavy (non-hydrogen) atoms. The first-order chi connectivity index (χ1) is 20.0. The molecule has 1 aromatic heterocycles. The van der Waals surface area contributed by atoms with Crippen LogP contribution in [0.4, 0.5) is 4.39 Å². The molecule has 2 aliphatic carbocycles.